The molecule has 0 atom stereocenters. The van der Waals surface area contributed by atoms with Crippen LogP contribution in [0.2, 0.25) is 0 Å². The van der Waals surface area contributed by atoms with E-state index in [4.69, 9.17) is 0 Å². The normalized spacial score (nSPS) is 10.9. The Hall–Kier alpha value is -1.36. The number of hydrogen-bond acceptors (Lipinski definition) is 3. The topological polar surface area (TPSA) is 63.2 Å². The van der Waals surface area contributed by atoms with Gasteiger partial charge >= 0.3 is 0 Å². The molecule has 4 nitrogen and oxygen atoms in total. The van der Waals surface area contributed by atoms with E-state index in [1.165, 1.54) is 6.07 Å². The van der Waals surface area contributed by atoms with Crippen molar-refractivity contribution >= 4 is 21.9 Å². The minimum absolute atomic E-state index is 0.0184. The monoisotopic (exact) mass is 213 g/mol. The molecular formula is C9H11NO3S. The molecule has 0 radical (unpaired) electrons. The van der Waals surface area contributed by atoms with E-state index in [9.17, 15) is 13.2 Å². The van der Waals surface area contributed by atoms with Crippen LogP contribution in [-0.2, 0) is 14.6 Å². The lowest BCUT2D eigenvalue weighted by Crippen LogP contribution is -2.07. The fourth-order valence-electron chi connectivity index (χ4n) is 1.08. The van der Waals surface area contributed by atoms with Crippen molar-refractivity contribution in [2.45, 2.75) is 11.8 Å². The van der Waals surface area contributed by atoms with E-state index in [1.807, 2.05) is 0 Å². The van der Waals surface area contributed by atoms with E-state index in [1.54, 1.807) is 25.1 Å². The van der Waals surface area contributed by atoms with Crippen LogP contribution in [0.3, 0.4) is 0 Å². The van der Waals surface area contributed by atoms with Crippen LogP contribution in [0.15, 0.2) is 29.2 Å². The molecule has 76 valence electrons. The summed E-state index contributed by atoms with van der Waals surface area (Å²) in [5.41, 5.74) is 0.323. The molecule has 1 aromatic carbocycles. The van der Waals surface area contributed by atoms with E-state index < -0.39 is 9.84 Å². The first-order valence-corrected chi connectivity index (χ1v) is 5.79. The maximum Gasteiger partial charge on any atom is 0.211 e. The highest BCUT2D eigenvalue weighted by Crippen LogP contribution is 2.20. The van der Waals surface area contributed by atoms with Gasteiger partial charge in [0, 0.05) is 0 Å². The number of carbonyl (C=O) groups is 1. The third kappa shape index (κ3) is 2.11. The Morgan fingerprint density at radius 2 is 2.00 bits per heavy atom. The standard InChI is InChI=1S/C9H11NO3S/c1-2-14(12,13)9-6-4-3-5-8(9)10-7-11/h3-7H,2H2,1H3,(H,10,11). The predicted octanol–water partition coefficient (Wildman–Crippen LogP) is 1.05. The van der Waals surface area contributed by atoms with Gasteiger partial charge in [-0.25, -0.2) is 8.42 Å². The molecule has 0 saturated heterocycles. The first-order valence-electron chi connectivity index (χ1n) is 4.13. The molecule has 0 aliphatic heterocycles. The average molecular weight is 213 g/mol. The SMILES string of the molecule is CCS(=O)(=O)c1ccccc1NC=O. The van der Waals surface area contributed by atoms with Gasteiger partial charge in [-0.15, -0.1) is 0 Å². The van der Waals surface area contributed by atoms with Crippen LogP contribution in [0, 0.1) is 0 Å². The second-order valence-electron chi connectivity index (χ2n) is 2.66. The molecule has 1 rings (SSSR count). The Morgan fingerprint density at radius 3 is 2.57 bits per heavy atom. The van der Waals surface area contributed by atoms with Crippen molar-refractivity contribution in [3.05, 3.63) is 24.3 Å². The fourth-order valence-corrected chi connectivity index (χ4v) is 2.14. The maximum absolute atomic E-state index is 11.5. The van der Waals surface area contributed by atoms with Gasteiger partial charge in [0.05, 0.1) is 16.3 Å². The number of benzene rings is 1. The Balaban J connectivity index is 3.26. The Bertz CT molecular complexity index is 425. The van der Waals surface area contributed by atoms with Crippen molar-refractivity contribution < 1.29 is 13.2 Å². The van der Waals surface area contributed by atoms with Crippen molar-refractivity contribution in [2.24, 2.45) is 0 Å². The van der Waals surface area contributed by atoms with Gasteiger partial charge in [-0.3, -0.25) is 4.79 Å². The van der Waals surface area contributed by atoms with Crippen LogP contribution in [0.4, 0.5) is 5.69 Å². The summed E-state index contributed by atoms with van der Waals surface area (Å²) >= 11 is 0. The molecule has 1 aromatic rings. The van der Waals surface area contributed by atoms with Crippen LogP contribution in [0.5, 0.6) is 0 Å². The zero-order valence-corrected chi connectivity index (χ0v) is 8.54. The summed E-state index contributed by atoms with van der Waals surface area (Å²) in [7, 11) is -3.27. The Kier molecular flexibility index (Phi) is 3.24. The predicted molar refractivity (Wildman–Crippen MR) is 53.9 cm³/mol. The molecule has 0 aromatic heterocycles. The van der Waals surface area contributed by atoms with Crippen molar-refractivity contribution in [1.82, 2.24) is 0 Å². The van der Waals surface area contributed by atoms with Crippen LogP contribution in [-0.4, -0.2) is 20.6 Å². The molecule has 0 bridgehead atoms. The van der Waals surface area contributed by atoms with E-state index >= 15 is 0 Å². The van der Waals surface area contributed by atoms with E-state index in [-0.39, 0.29) is 10.6 Å². The second kappa shape index (κ2) is 4.23. The number of carbonyl (C=O) groups excluding carboxylic acids is 1. The molecule has 5 heteroatoms. The van der Waals surface area contributed by atoms with Crippen LogP contribution < -0.4 is 5.32 Å². The summed E-state index contributed by atoms with van der Waals surface area (Å²) in [6, 6.07) is 6.32. The lowest BCUT2D eigenvalue weighted by atomic mass is 10.3. The summed E-state index contributed by atoms with van der Waals surface area (Å²) in [5.74, 6) is 0.0184. The molecule has 0 spiro atoms. The molecule has 1 N–H and O–H groups in total. The summed E-state index contributed by atoms with van der Waals surface area (Å²) in [6.45, 7) is 1.56. The first kappa shape index (κ1) is 10.7. The van der Waals surface area contributed by atoms with Gasteiger partial charge in [0.2, 0.25) is 6.41 Å². The number of hydrogen-bond donors (Lipinski definition) is 1. The van der Waals surface area contributed by atoms with Crippen molar-refractivity contribution in [2.75, 3.05) is 11.1 Å². The number of rotatable bonds is 4. The summed E-state index contributed by atoms with van der Waals surface area (Å²) in [6.07, 6.45) is 0.462. The molecule has 1 amide bonds. The van der Waals surface area contributed by atoms with Crippen LogP contribution in [0.25, 0.3) is 0 Å². The highest BCUT2D eigenvalue weighted by atomic mass is 32.2. The third-order valence-electron chi connectivity index (χ3n) is 1.82. The van der Waals surface area contributed by atoms with Gasteiger partial charge in [-0.1, -0.05) is 19.1 Å². The van der Waals surface area contributed by atoms with E-state index in [0.29, 0.717) is 12.1 Å². The Morgan fingerprint density at radius 1 is 1.36 bits per heavy atom. The van der Waals surface area contributed by atoms with Crippen molar-refractivity contribution in [3.8, 4) is 0 Å². The van der Waals surface area contributed by atoms with Gasteiger partial charge in [0.1, 0.15) is 0 Å². The van der Waals surface area contributed by atoms with Crippen molar-refractivity contribution in [3.63, 3.8) is 0 Å². The van der Waals surface area contributed by atoms with Gasteiger partial charge in [0.25, 0.3) is 0 Å². The quantitative estimate of drug-likeness (QED) is 0.760. The van der Waals surface area contributed by atoms with Crippen molar-refractivity contribution in [1.29, 1.82) is 0 Å². The summed E-state index contributed by atoms with van der Waals surface area (Å²) < 4.78 is 23.1. The Labute approximate surface area is 82.9 Å². The average Bonchev–Trinajstić information content (AvgIpc) is 2.19. The molecule has 14 heavy (non-hydrogen) atoms. The molecular weight excluding hydrogens is 202 g/mol. The third-order valence-corrected chi connectivity index (χ3v) is 3.60. The molecule has 0 aliphatic rings. The van der Waals surface area contributed by atoms with E-state index in [2.05, 4.69) is 5.32 Å². The fraction of sp³-hybridized carbons (Fsp3) is 0.222. The highest BCUT2D eigenvalue weighted by molar-refractivity contribution is 7.91. The van der Waals surface area contributed by atoms with Gasteiger partial charge < -0.3 is 5.32 Å². The molecule has 0 heterocycles. The number of sulfone groups is 1. The number of nitrogens with one attached hydrogen (secondary N) is 1. The largest absolute Gasteiger partial charge is 0.328 e. The van der Waals surface area contributed by atoms with Crippen LogP contribution >= 0.6 is 0 Å². The van der Waals surface area contributed by atoms with Gasteiger partial charge in [-0.05, 0) is 12.1 Å². The van der Waals surface area contributed by atoms with Gasteiger partial charge in [-0.2, -0.15) is 0 Å². The van der Waals surface area contributed by atoms with Gasteiger partial charge in [0.15, 0.2) is 9.84 Å². The smallest absolute Gasteiger partial charge is 0.211 e. The molecule has 0 aliphatic carbocycles. The zero-order chi connectivity index (χ0) is 10.6. The maximum atomic E-state index is 11.5. The summed E-state index contributed by atoms with van der Waals surface area (Å²) in [4.78, 5) is 10.4. The molecule has 0 unspecified atom stereocenters. The second-order valence-corrected chi connectivity index (χ2v) is 4.91. The minimum Gasteiger partial charge on any atom is -0.328 e. The summed E-state index contributed by atoms with van der Waals surface area (Å²) in [5, 5.41) is 2.36. The number of amides is 1. The first-order chi connectivity index (χ1) is 6.61. The number of para-hydroxylation sites is 1. The van der Waals surface area contributed by atoms with E-state index in [0.717, 1.165) is 0 Å². The molecule has 0 saturated carbocycles. The highest BCUT2D eigenvalue weighted by Gasteiger charge is 2.15. The zero-order valence-electron chi connectivity index (χ0n) is 7.73. The molecule has 0 fully saturated rings. The lowest BCUT2D eigenvalue weighted by molar-refractivity contribution is -0.105. The minimum atomic E-state index is -3.27. The van der Waals surface area contributed by atoms with Crippen LogP contribution in [0.1, 0.15) is 6.92 Å². The lowest BCUT2D eigenvalue weighted by Gasteiger charge is -2.06. The number of anilines is 1.